The Morgan fingerprint density at radius 2 is 2.24 bits per heavy atom. The van der Waals surface area contributed by atoms with Gasteiger partial charge in [0, 0.05) is 26.3 Å². The summed E-state index contributed by atoms with van der Waals surface area (Å²) in [5.41, 5.74) is 0. The van der Waals surface area contributed by atoms with Crippen molar-refractivity contribution in [2.45, 2.75) is 45.1 Å². The third-order valence-corrected chi connectivity index (χ3v) is 3.42. The summed E-state index contributed by atoms with van der Waals surface area (Å²) in [7, 11) is 1.72. The van der Waals surface area contributed by atoms with Gasteiger partial charge in [0.2, 0.25) is 5.91 Å². The predicted octanol–water partition coefficient (Wildman–Crippen LogP) is 1.31. The molecule has 4 nitrogen and oxygen atoms in total. The van der Waals surface area contributed by atoms with Gasteiger partial charge in [-0.15, -0.1) is 0 Å². The van der Waals surface area contributed by atoms with Gasteiger partial charge in [-0.1, -0.05) is 0 Å². The molecule has 1 saturated heterocycles. The molecule has 100 valence electrons. The first kappa shape index (κ1) is 14.5. The highest BCUT2D eigenvalue weighted by atomic mass is 16.5. The van der Waals surface area contributed by atoms with Crippen molar-refractivity contribution < 1.29 is 9.53 Å². The number of amides is 1. The van der Waals surface area contributed by atoms with Gasteiger partial charge in [-0.2, -0.15) is 0 Å². The van der Waals surface area contributed by atoms with Crippen LogP contribution in [0.25, 0.3) is 0 Å². The van der Waals surface area contributed by atoms with E-state index in [0.717, 1.165) is 51.8 Å². The summed E-state index contributed by atoms with van der Waals surface area (Å²) in [6, 6.07) is 0.317. The maximum Gasteiger partial charge on any atom is 0.224 e. The van der Waals surface area contributed by atoms with Crippen LogP contribution in [0.4, 0.5) is 0 Å². The van der Waals surface area contributed by atoms with Crippen LogP contribution in [0, 0.1) is 5.92 Å². The number of carbonyl (C=O) groups is 1. The normalized spacial score (nSPS) is 24.6. The molecule has 0 aromatic heterocycles. The molecular formula is C13H26N2O2. The summed E-state index contributed by atoms with van der Waals surface area (Å²) in [4.78, 5) is 11.9. The van der Waals surface area contributed by atoms with E-state index in [1.807, 2.05) is 0 Å². The van der Waals surface area contributed by atoms with Crippen molar-refractivity contribution in [3.8, 4) is 0 Å². The third-order valence-electron chi connectivity index (χ3n) is 3.42. The molecule has 1 aliphatic heterocycles. The smallest absolute Gasteiger partial charge is 0.224 e. The molecule has 4 heteroatoms. The van der Waals surface area contributed by atoms with Crippen molar-refractivity contribution >= 4 is 5.91 Å². The van der Waals surface area contributed by atoms with Crippen molar-refractivity contribution in [3.63, 3.8) is 0 Å². The maximum absolute atomic E-state index is 11.9. The Hall–Kier alpha value is -0.610. The fourth-order valence-corrected chi connectivity index (χ4v) is 2.29. The van der Waals surface area contributed by atoms with E-state index in [9.17, 15) is 4.79 Å². The fraction of sp³-hybridized carbons (Fsp3) is 0.923. The van der Waals surface area contributed by atoms with Gasteiger partial charge >= 0.3 is 0 Å². The van der Waals surface area contributed by atoms with Crippen molar-refractivity contribution in [1.29, 1.82) is 0 Å². The SMILES string of the molecule is COCCCCCNC(=O)C1CCCNC1C. The van der Waals surface area contributed by atoms with Crippen LogP contribution in [-0.4, -0.2) is 38.8 Å². The van der Waals surface area contributed by atoms with Gasteiger partial charge in [0.15, 0.2) is 0 Å². The predicted molar refractivity (Wildman–Crippen MR) is 68.9 cm³/mol. The Kier molecular flexibility index (Phi) is 7.21. The van der Waals surface area contributed by atoms with Gasteiger partial charge in [-0.3, -0.25) is 4.79 Å². The van der Waals surface area contributed by atoms with Gasteiger partial charge in [-0.05, 0) is 45.6 Å². The number of carbonyl (C=O) groups excluding carboxylic acids is 1. The van der Waals surface area contributed by atoms with Gasteiger partial charge in [0.1, 0.15) is 0 Å². The van der Waals surface area contributed by atoms with Gasteiger partial charge in [0.25, 0.3) is 0 Å². The zero-order valence-electron chi connectivity index (χ0n) is 11.1. The minimum Gasteiger partial charge on any atom is -0.385 e. The van der Waals surface area contributed by atoms with E-state index in [-0.39, 0.29) is 11.8 Å². The lowest BCUT2D eigenvalue weighted by Gasteiger charge is -2.28. The van der Waals surface area contributed by atoms with Crippen molar-refractivity contribution in [2.24, 2.45) is 5.92 Å². The van der Waals surface area contributed by atoms with Crippen LogP contribution < -0.4 is 10.6 Å². The lowest BCUT2D eigenvalue weighted by atomic mass is 9.91. The standard InChI is InChI=1S/C13H26N2O2/c1-11-12(7-6-9-14-11)13(16)15-8-4-3-5-10-17-2/h11-12,14H,3-10H2,1-2H3,(H,15,16). The first-order valence-electron chi connectivity index (χ1n) is 6.75. The second-order valence-electron chi connectivity index (χ2n) is 4.84. The molecular weight excluding hydrogens is 216 g/mol. The molecule has 0 aliphatic carbocycles. The van der Waals surface area contributed by atoms with Crippen LogP contribution in [0.1, 0.15) is 39.0 Å². The van der Waals surface area contributed by atoms with Crippen LogP contribution >= 0.6 is 0 Å². The number of hydrogen-bond acceptors (Lipinski definition) is 3. The number of nitrogens with one attached hydrogen (secondary N) is 2. The molecule has 1 rings (SSSR count). The Labute approximate surface area is 104 Å². The summed E-state index contributed by atoms with van der Waals surface area (Å²) in [6.45, 7) is 4.76. The molecule has 0 radical (unpaired) electrons. The first-order valence-corrected chi connectivity index (χ1v) is 6.75. The molecule has 17 heavy (non-hydrogen) atoms. The average Bonchev–Trinajstić information content (AvgIpc) is 2.34. The molecule has 1 heterocycles. The molecule has 1 aliphatic rings. The second-order valence-corrected chi connectivity index (χ2v) is 4.84. The number of ether oxygens (including phenoxy) is 1. The number of rotatable bonds is 7. The minimum atomic E-state index is 0.155. The van der Waals surface area contributed by atoms with Crippen LogP contribution in [0.3, 0.4) is 0 Å². The zero-order valence-corrected chi connectivity index (χ0v) is 11.1. The number of hydrogen-bond donors (Lipinski definition) is 2. The molecule has 1 fully saturated rings. The van der Waals surface area contributed by atoms with Crippen LogP contribution in [0.2, 0.25) is 0 Å². The van der Waals surface area contributed by atoms with E-state index in [1.54, 1.807) is 7.11 Å². The lowest BCUT2D eigenvalue weighted by Crippen LogP contribution is -2.46. The monoisotopic (exact) mass is 242 g/mol. The summed E-state index contributed by atoms with van der Waals surface area (Å²) in [5.74, 6) is 0.374. The van der Waals surface area contributed by atoms with Crippen LogP contribution in [0.15, 0.2) is 0 Å². The first-order chi connectivity index (χ1) is 8.25. The molecule has 0 bridgehead atoms. The molecule has 0 aromatic rings. The fourth-order valence-electron chi connectivity index (χ4n) is 2.29. The summed E-state index contributed by atoms with van der Waals surface area (Å²) < 4.78 is 4.98. The van der Waals surface area contributed by atoms with E-state index in [1.165, 1.54) is 0 Å². The lowest BCUT2D eigenvalue weighted by molar-refractivity contribution is -0.126. The highest BCUT2D eigenvalue weighted by Crippen LogP contribution is 2.16. The number of methoxy groups -OCH3 is 1. The molecule has 1 amide bonds. The second kappa shape index (κ2) is 8.48. The zero-order chi connectivity index (χ0) is 12.5. The number of unbranched alkanes of at least 4 members (excludes halogenated alkanes) is 2. The van der Waals surface area contributed by atoms with Crippen LogP contribution in [-0.2, 0) is 9.53 Å². The topological polar surface area (TPSA) is 50.4 Å². The van der Waals surface area contributed by atoms with Crippen molar-refractivity contribution in [1.82, 2.24) is 10.6 Å². The van der Waals surface area contributed by atoms with Crippen molar-refractivity contribution in [2.75, 3.05) is 26.8 Å². The van der Waals surface area contributed by atoms with E-state index >= 15 is 0 Å². The maximum atomic E-state index is 11.9. The van der Waals surface area contributed by atoms with Gasteiger partial charge in [0.05, 0.1) is 5.92 Å². The van der Waals surface area contributed by atoms with E-state index in [0.29, 0.717) is 6.04 Å². The van der Waals surface area contributed by atoms with E-state index in [2.05, 4.69) is 17.6 Å². The summed E-state index contributed by atoms with van der Waals surface area (Å²) in [6.07, 6.45) is 5.36. The molecule has 0 aromatic carbocycles. The molecule has 2 N–H and O–H groups in total. The van der Waals surface area contributed by atoms with E-state index < -0.39 is 0 Å². The Morgan fingerprint density at radius 3 is 2.94 bits per heavy atom. The highest BCUT2D eigenvalue weighted by molar-refractivity contribution is 5.79. The van der Waals surface area contributed by atoms with Crippen LogP contribution in [0.5, 0.6) is 0 Å². The average molecular weight is 242 g/mol. The third kappa shape index (κ3) is 5.50. The van der Waals surface area contributed by atoms with Gasteiger partial charge < -0.3 is 15.4 Å². The molecule has 0 saturated carbocycles. The number of piperidine rings is 1. The molecule has 2 unspecified atom stereocenters. The Balaban J connectivity index is 2.07. The quantitative estimate of drug-likeness (QED) is 0.662. The van der Waals surface area contributed by atoms with Gasteiger partial charge in [-0.25, -0.2) is 0 Å². The molecule has 2 atom stereocenters. The largest absolute Gasteiger partial charge is 0.385 e. The Bertz CT molecular complexity index is 221. The summed E-state index contributed by atoms with van der Waals surface area (Å²) >= 11 is 0. The summed E-state index contributed by atoms with van der Waals surface area (Å²) in [5, 5.41) is 6.39. The highest BCUT2D eigenvalue weighted by Gasteiger charge is 2.26. The Morgan fingerprint density at radius 1 is 1.41 bits per heavy atom. The van der Waals surface area contributed by atoms with E-state index in [4.69, 9.17) is 4.74 Å². The minimum absolute atomic E-state index is 0.155. The van der Waals surface area contributed by atoms with Crippen molar-refractivity contribution in [3.05, 3.63) is 0 Å². The molecule has 0 spiro atoms.